The van der Waals surface area contributed by atoms with Crippen LogP contribution in [0, 0.1) is 5.92 Å². The van der Waals surface area contributed by atoms with Gasteiger partial charge in [0.15, 0.2) is 5.76 Å². The topological polar surface area (TPSA) is 93.8 Å². The minimum atomic E-state index is -0.665. The van der Waals surface area contributed by atoms with Gasteiger partial charge in [0.1, 0.15) is 6.04 Å². The van der Waals surface area contributed by atoms with E-state index in [-0.39, 0.29) is 41.0 Å². The van der Waals surface area contributed by atoms with Gasteiger partial charge in [0.05, 0.1) is 12.9 Å². The van der Waals surface area contributed by atoms with E-state index in [2.05, 4.69) is 5.32 Å². The highest BCUT2D eigenvalue weighted by Crippen LogP contribution is 2.41. The molecule has 1 N–H and O–H groups in total. The van der Waals surface area contributed by atoms with Crippen LogP contribution in [0.3, 0.4) is 0 Å². The Morgan fingerprint density at radius 2 is 2.10 bits per heavy atom. The fraction of sp³-hybridized carbons (Fsp3) is 0.476. The summed E-state index contributed by atoms with van der Waals surface area (Å²) in [5, 5.41) is 2.95. The Labute approximate surface area is 168 Å². The fourth-order valence-corrected chi connectivity index (χ4v) is 4.61. The second-order valence-electron chi connectivity index (χ2n) is 7.85. The molecule has 0 saturated carbocycles. The molecule has 8 heteroatoms. The van der Waals surface area contributed by atoms with Gasteiger partial charge in [-0.2, -0.15) is 0 Å². The van der Waals surface area contributed by atoms with Crippen LogP contribution in [-0.4, -0.2) is 54.1 Å². The van der Waals surface area contributed by atoms with Crippen molar-refractivity contribution in [3.63, 3.8) is 0 Å². The maximum atomic E-state index is 13.2. The van der Waals surface area contributed by atoms with Gasteiger partial charge in [0.2, 0.25) is 5.91 Å². The summed E-state index contributed by atoms with van der Waals surface area (Å²) in [7, 11) is 1.58. The lowest BCUT2D eigenvalue weighted by Gasteiger charge is -2.46. The zero-order valence-electron chi connectivity index (χ0n) is 16.5. The molecule has 2 aromatic heterocycles. The molecular formula is C21H25N3O5. The van der Waals surface area contributed by atoms with E-state index >= 15 is 0 Å². The van der Waals surface area contributed by atoms with Crippen LogP contribution in [0.5, 0.6) is 0 Å². The fourth-order valence-electron chi connectivity index (χ4n) is 4.61. The number of hydrogen-bond donors (Lipinski definition) is 1. The first kappa shape index (κ1) is 19.4. The number of hydrogen-bond acceptors (Lipinski definition) is 5. The third-order valence-corrected chi connectivity index (χ3v) is 5.74. The number of nitrogens with zero attached hydrogens (tertiary/aromatic N) is 2. The summed E-state index contributed by atoms with van der Waals surface area (Å²) in [6.07, 6.45) is 2.22. The number of amides is 2. The van der Waals surface area contributed by atoms with Crippen molar-refractivity contribution in [2.24, 2.45) is 5.92 Å². The number of fused-ring (bicyclic) bond motifs is 4. The molecule has 0 aromatic carbocycles. The highest BCUT2D eigenvalue weighted by atomic mass is 16.5. The number of piperidine rings is 1. The zero-order chi connectivity index (χ0) is 20.5. The van der Waals surface area contributed by atoms with Crippen LogP contribution in [0.25, 0.3) is 0 Å². The largest absolute Gasteiger partial charge is 0.459 e. The van der Waals surface area contributed by atoms with E-state index < -0.39 is 6.04 Å². The van der Waals surface area contributed by atoms with Gasteiger partial charge < -0.3 is 19.4 Å². The lowest BCUT2D eigenvalue weighted by Crippen LogP contribution is -2.55. The Kier molecular flexibility index (Phi) is 5.27. The van der Waals surface area contributed by atoms with E-state index in [1.165, 1.54) is 12.3 Å². The van der Waals surface area contributed by atoms with Crippen molar-refractivity contribution < 1.29 is 18.7 Å². The first-order valence-corrected chi connectivity index (χ1v) is 9.83. The highest BCUT2D eigenvalue weighted by molar-refractivity contribution is 5.91. The van der Waals surface area contributed by atoms with Crippen molar-refractivity contribution in [3.05, 3.63) is 58.4 Å². The lowest BCUT2D eigenvalue weighted by atomic mass is 9.78. The normalized spacial score (nSPS) is 23.9. The predicted octanol–water partition coefficient (Wildman–Crippen LogP) is 1.39. The van der Waals surface area contributed by atoms with Crippen molar-refractivity contribution in [2.45, 2.75) is 31.3 Å². The third-order valence-electron chi connectivity index (χ3n) is 5.74. The average molecular weight is 399 g/mol. The number of furan rings is 1. The predicted molar refractivity (Wildman–Crippen MR) is 105 cm³/mol. The molecule has 4 heterocycles. The number of rotatable bonds is 5. The second-order valence-corrected chi connectivity index (χ2v) is 7.85. The Morgan fingerprint density at radius 3 is 2.83 bits per heavy atom. The summed E-state index contributed by atoms with van der Waals surface area (Å²) in [6.45, 7) is 3.13. The zero-order valence-corrected chi connectivity index (χ0v) is 16.5. The quantitative estimate of drug-likeness (QED) is 0.820. The molecule has 1 fully saturated rings. The molecular weight excluding hydrogens is 374 g/mol. The van der Waals surface area contributed by atoms with E-state index in [4.69, 9.17) is 9.15 Å². The van der Waals surface area contributed by atoms with E-state index in [0.717, 1.165) is 12.1 Å². The average Bonchev–Trinajstić information content (AvgIpc) is 3.23. The molecule has 0 radical (unpaired) electrons. The lowest BCUT2D eigenvalue weighted by molar-refractivity contribution is -0.128. The van der Waals surface area contributed by atoms with Gasteiger partial charge in [-0.15, -0.1) is 0 Å². The van der Waals surface area contributed by atoms with Crippen molar-refractivity contribution in [2.75, 3.05) is 26.8 Å². The molecule has 0 unspecified atom stereocenters. The number of ether oxygens (including phenoxy) is 1. The van der Waals surface area contributed by atoms with Gasteiger partial charge in [0, 0.05) is 49.8 Å². The minimum absolute atomic E-state index is 0.00186. The van der Waals surface area contributed by atoms with E-state index in [1.807, 2.05) is 13.0 Å². The molecule has 1 saturated heterocycles. The van der Waals surface area contributed by atoms with E-state index in [9.17, 15) is 14.4 Å². The maximum absolute atomic E-state index is 13.2. The number of methoxy groups -OCH3 is 1. The number of pyridine rings is 1. The molecule has 29 heavy (non-hydrogen) atoms. The Balaban J connectivity index is 1.68. The van der Waals surface area contributed by atoms with Crippen LogP contribution in [0.1, 0.15) is 41.6 Å². The summed E-state index contributed by atoms with van der Waals surface area (Å²) in [6, 6.07) is 7.54. The monoisotopic (exact) mass is 399 g/mol. The molecule has 154 valence electrons. The molecule has 4 atom stereocenters. The molecule has 0 spiro atoms. The van der Waals surface area contributed by atoms with Crippen LogP contribution in [0.4, 0.5) is 0 Å². The Hall–Kier alpha value is -2.87. The first-order valence-electron chi connectivity index (χ1n) is 9.83. The van der Waals surface area contributed by atoms with Crippen molar-refractivity contribution in [1.29, 1.82) is 0 Å². The second kappa shape index (κ2) is 7.87. The van der Waals surface area contributed by atoms with Crippen LogP contribution in [0.2, 0.25) is 0 Å². The summed E-state index contributed by atoms with van der Waals surface area (Å²) in [5.41, 5.74) is 0.604. The number of nitrogens with one attached hydrogen (secondary N) is 1. The third kappa shape index (κ3) is 3.60. The van der Waals surface area contributed by atoms with Crippen molar-refractivity contribution in [1.82, 2.24) is 14.8 Å². The highest BCUT2D eigenvalue weighted by Gasteiger charge is 2.45. The Bertz CT molecular complexity index is 951. The summed E-state index contributed by atoms with van der Waals surface area (Å²) < 4.78 is 12.0. The molecule has 4 rings (SSSR count). The van der Waals surface area contributed by atoms with E-state index in [1.54, 1.807) is 34.8 Å². The number of carbonyl (C=O) groups excluding carboxylic acids is 2. The molecule has 2 aliphatic rings. The maximum Gasteiger partial charge on any atom is 0.289 e. The summed E-state index contributed by atoms with van der Waals surface area (Å²) in [4.78, 5) is 40.4. The van der Waals surface area contributed by atoms with Gasteiger partial charge in [0.25, 0.3) is 11.5 Å². The number of likely N-dealkylation sites (tertiary alicyclic amines) is 1. The molecule has 2 amide bonds. The Morgan fingerprint density at radius 1 is 1.28 bits per heavy atom. The van der Waals surface area contributed by atoms with Gasteiger partial charge in [-0.1, -0.05) is 6.07 Å². The van der Waals surface area contributed by atoms with Gasteiger partial charge in [-0.05, 0) is 31.5 Å². The van der Waals surface area contributed by atoms with Crippen LogP contribution in [-0.2, 0) is 9.53 Å². The molecule has 2 bridgehead atoms. The number of carbonyl (C=O) groups is 2. The molecule has 2 aromatic rings. The van der Waals surface area contributed by atoms with Crippen molar-refractivity contribution >= 4 is 11.8 Å². The van der Waals surface area contributed by atoms with Crippen LogP contribution in [0.15, 0.2) is 45.8 Å². The standard InChI is InChI=1S/C21H25N3O5/c1-13(12-28-2)22-20(26)19-15-9-14(16-5-3-7-18(25)24(16)19)10-23(11-15)21(27)17-6-4-8-29-17/h3-8,13-15,19H,9-12H2,1-2H3,(H,22,26)/t13-,14+,15-,19+/m0/s1. The van der Waals surface area contributed by atoms with Crippen LogP contribution < -0.4 is 10.9 Å². The summed E-state index contributed by atoms with van der Waals surface area (Å²) in [5.74, 6) is -0.287. The molecule has 2 aliphatic heterocycles. The molecule has 0 aliphatic carbocycles. The van der Waals surface area contributed by atoms with Crippen molar-refractivity contribution in [3.8, 4) is 0 Å². The van der Waals surface area contributed by atoms with Gasteiger partial charge in [-0.3, -0.25) is 19.0 Å². The summed E-state index contributed by atoms with van der Waals surface area (Å²) >= 11 is 0. The van der Waals surface area contributed by atoms with Gasteiger partial charge in [-0.25, -0.2) is 0 Å². The first-order chi connectivity index (χ1) is 14.0. The van der Waals surface area contributed by atoms with Crippen LogP contribution >= 0.6 is 0 Å². The number of aromatic nitrogens is 1. The molecule has 8 nitrogen and oxygen atoms in total. The van der Waals surface area contributed by atoms with Gasteiger partial charge >= 0.3 is 0 Å². The van der Waals surface area contributed by atoms with E-state index in [0.29, 0.717) is 19.7 Å². The minimum Gasteiger partial charge on any atom is -0.459 e. The smallest absolute Gasteiger partial charge is 0.289 e. The SMILES string of the molecule is COC[C@H](C)NC(=O)[C@H]1[C@H]2C[C@H](CN(C(=O)c3ccco3)C2)c2cccc(=O)n21.